The predicted molar refractivity (Wildman–Crippen MR) is 67.1 cm³/mol. The number of hydrogen-bond acceptors (Lipinski definition) is 2. The summed E-state index contributed by atoms with van der Waals surface area (Å²) in [6.45, 7) is 4.62. The average molecular weight is 218 g/mol. The summed E-state index contributed by atoms with van der Waals surface area (Å²) in [5, 5.41) is 0. The third kappa shape index (κ3) is 2.12. The minimum absolute atomic E-state index is 0.0612. The van der Waals surface area contributed by atoms with Gasteiger partial charge in [-0.15, -0.1) is 0 Å². The Balaban J connectivity index is 2.18. The molecule has 0 spiro atoms. The zero-order valence-electron chi connectivity index (χ0n) is 10.4. The van der Waals surface area contributed by atoms with Crippen LogP contribution >= 0.6 is 0 Å². The van der Waals surface area contributed by atoms with Crippen molar-refractivity contribution in [3.63, 3.8) is 0 Å². The molecule has 0 aliphatic heterocycles. The Hall–Kier alpha value is -0.890. The average Bonchev–Trinajstić information content (AvgIpc) is 2.24. The van der Waals surface area contributed by atoms with Gasteiger partial charge in [-0.2, -0.15) is 0 Å². The van der Waals surface area contributed by atoms with Gasteiger partial charge in [-0.25, -0.2) is 0 Å². The first kappa shape index (κ1) is 11.6. The van der Waals surface area contributed by atoms with Crippen LogP contribution in [0.15, 0.2) is 24.5 Å². The Labute approximate surface area is 98.3 Å². The van der Waals surface area contributed by atoms with E-state index >= 15 is 0 Å². The van der Waals surface area contributed by atoms with Gasteiger partial charge >= 0.3 is 0 Å². The van der Waals surface area contributed by atoms with Gasteiger partial charge in [-0.05, 0) is 36.3 Å². The van der Waals surface area contributed by atoms with Crippen LogP contribution in [0.3, 0.4) is 0 Å². The zero-order chi connectivity index (χ0) is 11.6. The molecule has 16 heavy (non-hydrogen) atoms. The van der Waals surface area contributed by atoms with E-state index in [1.165, 1.54) is 24.8 Å². The van der Waals surface area contributed by atoms with Crippen LogP contribution < -0.4 is 5.73 Å². The molecule has 88 valence electrons. The monoisotopic (exact) mass is 218 g/mol. The Kier molecular flexibility index (Phi) is 3.02. The van der Waals surface area contributed by atoms with E-state index in [0.717, 1.165) is 12.8 Å². The van der Waals surface area contributed by atoms with Crippen molar-refractivity contribution in [3.05, 3.63) is 30.1 Å². The van der Waals surface area contributed by atoms with Gasteiger partial charge in [0.2, 0.25) is 0 Å². The Morgan fingerprint density at radius 2 is 2.06 bits per heavy atom. The van der Waals surface area contributed by atoms with E-state index in [1.54, 1.807) is 0 Å². The SMILES string of the molecule is CC1(C)CCCCC1(N)Cc1cccnc1. The van der Waals surface area contributed by atoms with Crippen molar-refractivity contribution in [2.24, 2.45) is 11.1 Å². The standard InChI is InChI=1S/C14H22N2/c1-13(2)7-3-4-8-14(13,15)10-12-6-5-9-16-11-12/h5-6,9,11H,3-4,7-8,10,15H2,1-2H3. The van der Waals surface area contributed by atoms with Crippen LogP contribution in [0.25, 0.3) is 0 Å². The Bertz CT molecular complexity index is 345. The van der Waals surface area contributed by atoms with Crippen molar-refractivity contribution in [1.82, 2.24) is 4.98 Å². The van der Waals surface area contributed by atoms with E-state index in [9.17, 15) is 0 Å². The van der Waals surface area contributed by atoms with Crippen LogP contribution in [0.4, 0.5) is 0 Å². The molecule has 1 saturated carbocycles. The number of pyridine rings is 1. The van der Waals surface area contributed by atoms with Crippen LogP contribution in [-0.4, -0.2) is 10.5 Å². The summed E-state index contributed by atoms with van der Waals surface area (Å²) < 4.78 is 0. The predicted octanol–water partition coefficient (Wildman–Crippen LogP) is 2.92. The van der Waals surface area contributed by atoms with Gasteiger partial charge in [0.05, 0.1) is 0 Å². The smallest absolute Gasteiger partial charge is 0.0300 e. The lowest BCUT2D eigenvalue weighted by Crippen LogP contribution is -2.56. The molecule has 0 saturated heterocycles. The highest BCUT2D eigenvalue weighted by molar-refractivity contribution is 5.16. The highest BCUT2D eigenvalue weighted by Gasteiger charge is 2.43. The molecule has 1 aromatic heterocycles. The molecule has 1 aliphatic rings. The van der Waals surface area contributed by atoms with Crippen LogP contribution in [0.5, 0.6) is 0 Å². The fraction of sp³-hybridized carbons (Fsp3) is 0.643. The van der Waals surface area contributed by atoms with Gasteiger partial charge in [-0.1, -0.05) is 32.8 Å². The van der Waals surface area contributed by atoms with Crippen molar-refractivity contribution >= 4 is 0 Å². The quantitative estimate of drug-likeness (QED) is 0.829. The second kappa shape index (κ2) is 4.17. The highest BCUT2D eigenvalue weighted by Crippen LogP contribution is 2.43. The molecule has 2 rings (SSSR count). The summed E-state index contributed by atoms with van der Waals surface area (Å²) >= 11 is 0. The molecule has 2 heteroatoms. The fourth-order valence-electron chi connectivity index (χ4n) is 2.79. The maximum absolute atomic E-state index is 6.64. The van der Waals surface area contributed by atoms with E-state index in [0.29, 0.717) is 0 Å². The van der Waals surface area contributed by atoms with Crippen molar-refractivity contribution in [3.8, 4) is 0 Å². The summed E-state index contributed by atoms with van der Waals surface area (Å²) in [5.74, 6) is 0. The highest BCUT2D eigenvalue weighted by atomic mass is 14.8. The molecular formula is C14H22N2. The molecule has 0 radical (unpaired) electrons. The molecule has 0 aromatic carbocycles. The summed E-state index contributed by atoms with van der Waals surface area (Å²) in [6.07, 6.45) is 9.67. The largest absolute Gasteiger partial charge is 0.324 e. The van der Waals surface area contributed by atoms with Crippen LogP contribution in [-0.2, 0) is 6.42 Å². The molecule has 1 heterocycles. The normalized spacial score (nSPS) is 28.9. The summed E-state index contributed by atoms with van der Waals surface area (Å²) in [6, 6.07) is 4.13. The number of rotatable bonds is 2. The lowest BCUT2D eigenvalue weighted by molar-refractivity contribution is 0.0990. The number of nitrogens with zero attached hydrogens (tertiary/aromatic N) is 1. The molecule has 1 aromatic rings. The minimum atomic E-state index is -0.0612. The van der Waals surface area contributed by atoms with E-state index in [2.05, 4.69) is 24.9 Å². The number of aromatic nitrogens is 1. The fourth-order valence-corrected chi connectivity index (χ4v) is 2.79. The lowest BCUT2D eigenvalue weighted by atomic mass is 9.61. The van der Waals surface area contributed by atoms with Crippen molar-refractivity contribution in [2.75, 3.05) is 0 Å². The first-order chi connectivity index (χ1) is 7.54. The maximum atomic E-state index is 6.64. The van der Waals surface area contributed by atoms with E-state index < -0.39 is 0 Å². The molecule has 0 bridgehead atoms. The number of nitrogens with two attached hydrogens (primary N) is 1. The molecule has 1 fully saturated rings. The second-order valence-corrected chi connectivity index (χ2v) is 5.79. The first-order valence-electron chi connectivity index (χ1n) is 6.21. The number of hydrogen-bond donors (Lipinski definition) is 1. The summed E-state index contributed by atoms with van der Waals surface area (Å²) in [4.78, 5) is 4.17. The molecule has 1 atom stereocenters. The van der Waals surface area contributed by atoms with Crippen molar-refractivity contribution in [1.29, 1.82) is 0 Å². The summed E-state index contributed by atoms with van der Waals surface area (Å²) in [7, 11) is 0. The third-order valence-corrected chi connectivity index (χ3v) is 4.26. The lowest BCUT2D eigenvalue weighted by Gasteiger charge is -2.48. The molecule has 0 amide bonds. The topological polar surface area (TPSA) is 38.9 Å². The molecule has 1 unspecified atom stereocenters. The first-order valence-corrected chi connectivity index (χ1v) is 6.21. The second-order valence-electron chi connectivity index (χ2n) is 5.79. The van der Waals surface area contributed by atoms with Crippen LogP contribution in [0.1, 0.15) is 45.1 Å². The van der Waals surface area contributed by atoms with Gasteiger partial charge in [0.15, 0.2) is 0 Å². The summed E-state index contributed by atoms with van der Waals surface area (Å²) in [5.41, 5.74) is 8.08. The molecule has 1 aliphatic carbocycles. The van der Waals surface area contributed by atoms with Gasteiger partial charge < -0.3 is 5.73 Å². The van der Waals surface area contributed by atoms with Crippen molar-refractivity contribution in [2.45, 2.75) is 51.5 Å². The van der Waals surface area contributed by atoms with Crippen LogP contribution in [0, 0.1) is 5.41 Å². The minimum Gasteiger partial charge on any atom is -0.324 e. The maximum Gasteiger partial charge on any atom is 0.0300 e. The Morgan fingerprint density at radius 1 is 1.31 bits per heavy atom. The molecule has 2 N–H and O–H groups in total. The Morgan fingerprint density at radius 3 is 2.69 bits per heavy atom. The molecular weight excluding hydrogens is 196 g/mol. The van der Waals surface area contributed by atoms with Crippen molar-refractivity contribution < 1.29 is 0 Å². The third-order valence-electron chi connectivity index (χ3n) is 4.26. The van der Waals surface area contributed by atoms with Gasteiger partial charge in [0, 0.05) is 17.9 Å². The van der Waals surface area contributed by atoms with Gasteiger partial charge in [0.1, 0.15) is 0 Å². The van der Waals surface area contributed by atoms with E-state index in [1.807, 2.05) is 18.5 Å². The van der Waals surface area contributed by atoms with Crippen LogP contribution in [0.2, 0.25) is 0 Å². The van der Waals surface area contributed by atoms with Gasteiger partial charge in [-0.3, -0.25) is 4.98 Å². The van der Waals surface area contributed by atoms with Gasteiger partial charge in [0.25, 0.3) is 0 Å². The zero-order valence-corrected chi connectivity index (χ0v) is 10.4. The van der Waals surface area contributed by atoms with E-state index in [-0.39, 0.29) is 11.0 Å². The molecule has 2 nitrogen and oxygen atoms in total. The van der Waals surface area contributed by atoms with E-state index in [4.69, 9.17) is 5.73 Å².